The van der Waals surface area contributed by atoms with E-state index in [1.165, 1.54) is 23.5 Å². The molecule has 18 heavy (non-hydrogen) atoms. The lowest BCUT2D eigenvalue weighted by molar-refractivity contribution is 0.499. The van der Waals surface area contributed by atoms with Crippen molar-refractivity contribution in [1.29, 1.82) is 0 Å². The maximum atomic E-state index is 4.23. The molecule has 0 spiro atoms. The SMILES string of the molecule is CNC(CCc1cnn(C)c1)C1SCCSC1C. The Hall–Kier alpha value is -0.130. The summed E-state index contributed by atoms with van der Waals surface area (Å²) in [5.74, 6) is 2.60. The zero-order valence-electron chi connectivity index (χ0n) is 11.4. The van der Waals surface area contributed by atoms with E-state index < -0.39 is 0 Å². The van der Waals surface area contributed by atoms with Crippen molar-refractivity contribution in [2.75, 3.05) is 18.6 Å². The molecule has 1 fully saturated rings. The number of thioether (sulfide) groups is 2. The van der Waals surface area contributed by atoms with Crippen LogP contribution in [0.1, 0.15) is 18.9 Å². The number of aryl methyl sites for hydroxylation is 2. The maximum absolute atomic E-state index is 4.23. The van der Waals surface area contributed by atoms with E-state index in [-0.39, 0.29) is 0 Å². The van der Waals surface area contributed by atoms with Crippen molar-refractivity contribution in [3.05, 3.63) is 18.0 Å². The Bertz CT molecular complexity index is 367. The van der Waals surface area contributed by atoms with E-state index in [1.54, 1.807) is 0 Å². The van der Waals surface area contributed by atoms with Crippen LogP contribution in [0.3, 0.4) is 0 Å². The summed E-state index contributed by atoms with van der Waals surface area (Å²) in [4.78, 5) is 0. The number of nitrogens with one attached hydrogen (secondary N) is 1. The molecule has 0 aliphatic carbocycles. The Morgan fingerprint density at radius 3 is 2.89 bits per heavy atom. The van der Waals surface area contributed by atoms with Crippen LogP contribution in [-0.4, -0.2) is 44.9 Å². The summed E-state index contributed by atoms with van der Waals surface area (Å²) in [6, 6.07) is 0.609. The minimum Gasteiger partial charge on any atom is -0.316 e. The molecule has 5 heteroatoms. The Morgan fingerprint density at radius 1 is 1.50 bits per heavy atom. The van der Waals surface area contributed by atoms with Gasteiger partial charge in [0.1, 0.15) is 0 Å². The summed E-state index contributed by atoms with van der Waals surface area (Å²) in [6.07, 6.45) is 6.43. The summed E-state index contributed by atoms with van der Waals surface area (Å²) in [7, 11) is 4.08. The van der Waals surface area contributed by atoms with Crippen LogP contribution in [0.25, 0.3) is 0 Å². The third-order valence-corrected chi connectivity index (χ3v) is 6.76. The lowest BCUT2D eigenvalue weighted by atomic mass is 10.0. The molecular weight excluding hydrogens is 262 g/mol. The normalized spacial score (nSPS) is 26.2. The molecule has 1 saturated heterocycles. The second kappa shape index (κ2) is 6.87. The van der Waals surface area contributed by atoms with Crippen molar-refractivity contribution in [2.24, 2.45) is 7.05 Å². The monoisotopic (exact) mass is 285 g/mol. The largest absolute Gasteiger partial charge is 0.316 e. The fraction of sp³-hybridized carbons (Fsp3) is 0.769. The first kappa shape index (κ1) is 14.3. The molecule has 3 unspecified atom stereocenters. The molecule has 1 aromatic heterocycles. The van der Waals surface area contributed by atoms with Crippen molar-refractivity contribution in [1.82, 2.24) is 15.1 Å². The molecule has 1 aliphatic rings. The molecule has 3 atom stereocenters. The summed E-state index contributed by atoms with van der Waals surface area (Å²) < 4.78 is 1.89. The number of hydrogen-bond donors (Lipinski definition) is 1. The van der Waals surface area contributed by atoms with Crippen LogP contribution in [0.4, 0.5) is 0 Å². The van der Waals surface area contributed by atoms with Gasteiger partial charge in [-0.25, -0.2) is 0 Å². The quantitative estimate of drug-likeness (QED) is 0.898. The highest BCUT2D eigenvalue weighted by Crippen LogP contribution is 2.34. The number of rotatable bonds is 5. The predicted molar refractivity (Wildman–Crippen MR) is 82.5 cm³/mol. The molecule has 1 aromatic rings. The summed E-state index contributed by atoms with van der Waals surface area (Å²) in [5.41, 5.74) is 1.35. The molecule has 2 rings (SSSR count). The first-order chi connectivity index (χ1) is 8.70. The molecular formula is C13H23N3S2. The Balaban J connectivity index is 1.88. The molecule has 0 aromatic carbocycles. The lowest BCUT2D eigenvalue weighted by Crippen LogP contribution is -2.43. The van der Waals surface area contributed by atoms with Gasteiger partial charge in [0, 0.05) is 41.3 Å². The minimum atomic E-state index is 0.609. The molecule has 0 saturated carbocycles. The van der Waals surface area contributed by atoms with Crippen LogP contribution in [0.15, 0.2) is 12.4 Å². The lowest BCUT2D eigenvalue weighted by Gasteiger charge is -2.34. The van der Waals surface area contributed by atoms with E-state index in [0.29, 0.717) is 6.04 Å². The molecule has 1 aliphatic heterocycles. The molecule has 1 N–H and O–H groups in total. The highest BCUT2D eigenvalue weighted by molar-refractivity contribution is 8.07. The molecule has 102 valence electrons. The zero-order chi connectivity index (χ0) is 13.0. The fourth-order valence-corrected chi connectivity index (χ4v) is 5.53. The Kier molecular flexibility index (Phi) is 5.45. The summed E-state index contributed by atoms with van der Waals surface area (Å²) in [5, 5.41) is 9.25. The third-order valence-electron chi connectivity index (χ3n) is 3.51. The van der Waals surface area contributed by atoms with Crippen molar-refractivity contribution >= 4 is 23.5 Å². The van der Waals surface area contributed by atoms with E-state index in [1.807, 2.05) is 17.9 Å². The van der Waals surface area contributed by atoms with Gasteiger partial charge in [-0.2, -0.15) is 28.6 Å². The van der Waals surface area contributed by atoms with Crippen LogP contribution in [0.5, 0.6) is 0 Å². The fourth-order valence-electron chi connectivity index (χ4n) is 2.49. The van der Waals surface area contributed by atoms with Gasteiger partial charge in [0.15, 0.2) is 0 Å². The maximum Gasteiger partial charge on any atom is 0.0521 e. The molecule has 0 bridgehead atoms. The van der Waals surface area contributed by atoms with Gasteiger partial charge in [0.05, 0.1) is 6.20 Å². The van der Waals surface area contributed by atoms with Gasteiger partial charge in [-0.15, -0.1) is 0 Å². The van der Waals surface area contributed by atoms with Gasteiger partial charge >= 0.3 is 0 Å². The van der Waals surface area contributed by atoms with Gasteiger partial charge in [-0.3, -0.25) is 4.68 Å². The van der Waals surface area contributed by atoms with E-state index in [4.69, 9.17) is 0 Å². The van der Waals surface area contributed by atoms with Crippen molar-refractivity contribution in [3.63, 3.8) is 0 Å². The van der Waals surface area contributed by atoms with E-state index >= 15 is 0 Å². The third kappa shape index (κ3) is 3.68. The number of nitrogens with zero attached hydrogens (tertiary/aromatic N) is 2. The molecule has 0 amide bonds. The highest BCUT2D eigenvalue weighted by atomic mass is 32.2. The molecule has 3 nitrogen and oxygen atoms in total. The molecule has 0 radical (unpaired) electrons. The highest BCUT2D eigenvalue weighted by Gasteiger charge is 2.29. The Labute approximate surface area is 118 Å². The number of aromatic nitrogens is 2. The van der Waals surface area contributed by atoms with Gasteiger partial charge < -0.3 is 5.32 Å². The Morgan fingerprint density at radius 2 is 2.28 bits per heavy atom. The summed E-state index contributed by atoms with van der Waals surface area (Å²) >= 11 is 4.26. The molecule has 2 heterocycles. The second-order valence-electron chi connectivity index (χ2n) is 4.87. The van der Waals surface area contributed by atoms with Crippen LogP contribution in [-0.2, 0) is 13.5 Å². The van der Waals surface area contributed by atoms with E-state index in [9.17, 15) is 0 Å². The van der Waals surface area contributed by atoms with E-state index in [0.717, 1.165) is 16.9 Å². The van der Waals surface area contributed by atoms with Gasteiger partial charge in [0.25, 0.3) is 0 Å². The van der Waals surface area contributed by atoms with Gasteiger partial charge in [0.2, 0.25) is 0 Å². The minimum absolute atomic E-state index is 0.609. The number of hydrogen-bond acceptors (Lipinski definition) is 4. The van der Waals surface area contributed by atoms with Gasteiger partial charge in [-0.1, -0.05) is 6.92 Å². The van der Waals surface area contributed by atoms with Crippen LogP contribution in [0.2, 0.25) is 0 Å². The predicted octanol–water partition coefficient (Wildman–Crippen LogP) is 2.18. The van der Waals surface area contributed by atoms with Crippen LogP contribution >= 0.6 is 23.5 Å². The van der Waals surface area contributed by atoms with Crippen molar-refractivity contribution < 1.29 is 0 Å². The van der Waals surface area contributed by atoms with E-state index in [2.05, 4.69) is 54.1 Å². The standard InChI is InChI=1S/C13H23N3S2/c1-10-13(18-7-6-17-10)12(14-2)5-4-11-8-15-16(3)9-11/h8-10,12-14H,4-7H2,1-3H3. The first-order valence-corrected chi connectivity index (χ1v) is 8.68. The summed E-state index contributed by atoms with van der Waals surface area (Å²) in [6.45, 7) is 2.37. The van der Waals surface area contributed by atoms with Gasteiger partial charge in [-0.05, 0) is 25.5 Å². The zero-order valence-corrected chi connectivity index (χ0v) is 13.1. The first-order valence-electron chi connectivity index (χ1n) is 6.58. The topological polar surface area (TPSA) is 29.9 Å². The second-order valence-corrected chi connectivity index (χ2v) is 7.64. The smallest absolute Gasteiger partial charge is 0.0521 e. The van der Waals surface area contributed by atoms with Crippen molar-refractivity contribution in [3.8, 4) is 0 Å². The van der Waals surface area contributed by atoms with Crippen molar-refractivity contribution in [2.45, 2.75) is 36.3 Å². The average Bonchev–Trinajstić information content (AvgIpc) is 2.78. The van der Waals surface area contributed by atoms with Crippen LogP contribution < -0.4 is 5.32 Å². The van der Waals surface area contributed by atoms with Crippen LogP contribution in [0, 0.1) is 0 Å². The average molecular weight is 285 g/mol.